The molecule has 0 aromatic carbocycles. The number of pyridine rings is 1. The number of carbonyl (C=O) groups excluding carboxylic acids is 1. The van der Waals surface area contributed by atoms with E-state index in [1.54, 1.807) is 31.6 Å². The number of amides is 1. The van der Waals surface area contributed by atoms with Crippen molar-refractivity contribution in [3.8, 4) is 0 Å². The Morgan fingerprint density at radius 2 is 2.31 bits per heavy atom. The van der Waals surface area contributed by atoms with E-state index in [9.17, 15) is 4.79 Å². The third kappa shape index (κ3) is 2.34. The van der Waals surface area contributed by atoms with Crippen LogP contribution in [-0.4, -0.2) is 22.9 Å². The van der Waals surface area contributed by atoms with Gasteiger partial charge in [0.2, 0.25) is 0 Å². The van der Waals surface area contributed by atoms with Gasteiger partial charge in [0.15, 0.2) is 5.13 Å². The Hall–Kier alpha value is -1.95. The lowest BCUT2D eigenvalue weighted by Crippen LogP contribution is -2.11. The Morgan fingerprint density at radius 1 is 1.44 bits per heavy atom. The highest BCUT2D eigenvalue weighted by Crippen LogP contribution is 2.22. The molecule has 0 aliphatic heterocycles. The SMILES string of the molecule is CNc1cnc(NC(=O)c2cccnc2)s1. The predicted octanol–water partition coefficient (Wildman–Crippen LogP) is 1.83. The van der Waals surface area contributed by atoms with Gasteiger partial charge in [0.05, 0.1) is 11.8 Å². The molecule has 0 unspecified atom stereocenters. The first-order chi connectivity index (χ1) is 7.79. The van der Waals surface area contributed by atoms with Crippen LogP contribution in [0.25, 0.3) is 0 Å². The molecular weight excluding hydrogens is 224 g/mol. The Kier molecular flexibility index (Phi) is 3.11. The van der Waals surface area contributed by atoms with Crippen molar-refractivity contribution >= 4 is 27.4 Å². The van der Waals surface area contributed by atoms with Crippen molar-refractivity contribution in [1.29, 1.82) is 0 Å². The van der Waals surface area contributed by atoms with Crippen molar-refractivity contribution in [2.45, 2.75) is 0 Å². The Labute approximate surface area is 96.6 Å². The molecule has 0 saturated heterocycles. The second-order valence-corrected chi connectivity index (χ2v) is 4.01. The van der Waals surface area contributed by atoms with Crippen molar-refractivity contribution in [2.24, 2.45) is 0 Å². The molecule has 0 fully saturated rings. The average Bonchev–Trinajstić information content (AvgIpc) is 2.78. The molecule has 2 aromatic rings. The number of carbonyl (C=O) groups is 1. The largest absolute Gasteiger partial charge is 0.379 e. The molecule has 0 bridgehead atoms. The summed E-state index contributed by atoms with van der Waals surface area (Å²) in [7, 11) is 1.81. The van der Waals surface area contributed by atoms with Crippen LogP contribution in [0.3, 0.4) is 0 Å². The normalized spacial score (nSPS) is 9.81. The minimum atomic E-state index is -0.204. The van der Waals surface area contributed by atoms with E-state index in [-0.39, 0.29) is 5.91 Å². The zero-order valence-electron chi connectivity index (χ0n) is 8.60. The van der Waals surface area contributed by atoms with Crippen LogP contribution < -0.4 is 10.6 Å². The van der Waals surface area contributed by atoms with Gasteiger partial charge in [-0.05, 0) is 12.1 Å². The Balaban J connectivity index is 2.08. The van der Waals surface area contributed by atoms with Crippen LogP contribution >= 0.6 is 11.3 Å². The van der Waals surface area contributed by atoms with E-state index in [1.807, 2.05) is 0 Å². The first-order valence-corrected chi connectivity index (χ1v) is 5.46. The number of nitrogens with one attached hydrogen (secondary N) is 2. The third-order valence-corrected chi connectivity index (χ3v) is 2.83. The monoisotopic (exact) mass is 234 g/mol. The molecule has 2 rings (SSSR count). The molecular formula is C10H10N4OS. The van der Waals surface area contributed by atoms with Gasteiger partial charge in [0.1, 0.15) is 5.00 Å². The molecule has 82 valence electrons. The molecule has 0 atom stereocenters. The minimum Gasteiger partial charge on any atom is -0.379 e. The zero-order valence-corrected chi connectivity index (χ0v) is 9.41. The van der Waals surface area contributed by atoms with Gasteiger partial charge in [-0.1, -0.05) is 11.3 Å². The predicted molar refractivity (Wildman–Crippen MR) is 63.9 cm³/mol. The summed E-state index contributed by atoms with van der Waals surface area (Å²) in [5.74, 6) is -0.204. The maximum Gasteiger partial charge on any atom is 0.259 e. The second-order valence-electron chi connectivity index (χ2n) is 2.98. The first kappa shape index (κ1) is 10.6. The van der Waals surface area contributed by atoms with Crippen LogP contribution in [0, 0.1) is 0 Å². The molecule has 0 saturated carbocycles. The van der Waals surface area contributed by atoms with Crippen LogP contribution in [0.4, 0.5) is 10.1 Å². The molecule has 6 heteroatoms. The van der Waals surface area contributed by atoms with E-state index >= 15 is 0 Å². The summed E-state index contributed by atoms with van der Waals surface area (Å²) in [6.45, 7) is 0. The van der Waals surface area contributed by atoms with Gasteiger partial charge >= 0.3 is 0 Å². The standard InChI is InChI=1S/C10H10N4OS/c1-11-8-6-13-10(16-8)14-9(15)7-3-2-4-12-5-7/h2-6,11H,1H3,(H,13,14,15). The summed E-state index contributed by atoms with van der Waals surface area (Å²) in [4.78, 5) is 19.6. The highest BCUT2D eigenvalue weighted by atomic mass is 32.1. The fourth-order valence-electron chi connectivity index (χ4n) is 1.11. The summed E-state index contributed by atoms with van der Waals surface area (Å²) in [6.07, 6.45) is 4.81. The van der Waals surface area contributed by atoms with Gasteiger partial charge in [0, 0.05) is 19.4 Å². The number of nitrogens with zero attached hydrogens (tertiary/aromatic N) is 2. The van der Waals surface area contributed by atoms with Crippen molar-refractivity contribution < 1.29 is 4.79 Å². The molecule has 2 N–H and O–H groups in total. The summed E-state index contributed by atoms with van der Waals surface area (Å²) in [5.41, 5.74) is 0.517. The lowest BCUT2D eigenvalue weighted by atomic mass is 10.3. The van der Waals surface area contributed by atoms with Crippen molar-refractivity contribution in [3.63, 3.8) is 0 Å². The van der Waals surface area contributed by atoms with E-state index < -0.39 is 0 Å². The highest BCUT2D eigenvalue weighted by Gasteiger charge is 2.08. The molecule has 0 spiro atoms. The van der Waals surface area contributed by atoms with Gasteiger partial charge in [0.25, 0.3) is 5.91 Å². The fraction of sp³-hybridized carbons (Fsp3) is 0.100. The fourth-order valence-corrected chi connectivity index (χ4v) is 1.78. The minimum absolute atomic E-state index is 0.204. The van der Waals surface area contributed by atoms with E-state index in [0.717, 1.165) is 5.00 Å². The van der Waals surface area contributed by atoms with Crippen LogP contribution in [0.2, 0.25) is 0 Å². The molecule has 2 aromatic heterocycles. The highest BCUT2D eigenvalue weighted by molar-refractivity contribution is 7.19. The van der Waals surface area contributed by atoms with Gasteiger partial charge in [-0.2, -0.15) is 0 Å². The van der Waals surface area contributed by atoms with E-state index in [0.29, 0.717) is 10.7 Å². The van der Waals surface area contributed by atoms with Gasteiger partial charge in [-0.3, -0.25) is 15.1 Å². The zero-order chi connectivity index (χ0) is 11.4. The molecule has 2 heterocycles. The van der Waals surface area contributed by atoms with Gasteiger partial charge in [-0.25, -0.2) is 4.98 Å². The maximum atomic E-state index is 11.7. The van der Waals surface area contributed by atoms with Crippen LogP contribution in [0.1, 0.15) is 10.4 Å². The number of hydrogen-bond acceptors (Lipinski definition) is 5. The molecule has 0 radical (unpaired) electrons. The van der Waals surface area contributed by atoms with Gasteiger partial charge in [-0.15, -0.1) is 0 Å². The molecule has 1 amide bonds. The van der Waals surface area contributed by atoms with Crippen LogP contribution in [0.15, 0.2) is 30.7 Å². The smallest absolute Gasteiger partial charge is 0.259 e. The topological polar surface area (TPSA) is 66.9 Å². The van der Waals surface area contributed by atoms with Crippen LogP contribution in [0.5, 0.6) is 0 Å². The summed E-state index contributed by atoms with van der Waals surface area (Å²) >= 11 is 1.38. The quantitative estimate of drug-likeness (QED) is 0.850. The molecule has 16 heavy (non-hydrogen) atoms. The summed E-state index contributed by atoms with van der Waals surface area (Å²) in [6, 6.07) is 3.42. The van der Waals surface area contributed by atoms with E-state index in [1.165, 1.54) is 17.5 Å². The first-order valence-electron chi connectivity index (χ1n) is 4.64. The summed E-state index contributed by atoms with van der Waals surface area (Å²) < 4.78 is 0. The lowest BCUT2D eigenvalue weighted by molar-refractivity contribution is 0.102. The van der Waals surface area contributed by atoms with Crippen molar-refractivity contribution in [2.75, 3.05) is 17.7 Å². The Bertz CT molecular complexity index is 483. The molecule has 5 nitrogen and oxygen atoms in total. The molecule has 0 aliphatic carbocycles. The number of thiazole rings is 1. The average molecular weight is 234 g/mol. The molecule has 0 aliphatic rings. The Morgan fingerprint density at radius 3 is 2.94 bits per heavy atom. The number of hydrogen-bond donors (Lipinski definition) is 2. The van der Waals surface area contributed by atoms with Crippen LogP contribution in [-0.2, 0) is 0 Å². The summed E-state index contributed by atoms with van der Waals surface area (Å²) in [5, 5.41) is 7.13. The maximum absolute atomic E-state index is 11.7. The number of rotatable bonds is 3. The third-order valence-electron chi connectivity index (χ3n) is 1.90. The number of anilines is 2. The van der Waals surface area contributed by atoms with Crippen molar-refractivity contribution in [3.05, 3.63) is 36.3 Å². The van der Waals surface area contributed by atoms with Crippen molar-refractivity contribution in [1.82, 2.24) is 9.97 Å². The van der Waals surface area contributed by atoms with E-state index in [2.05, 4.69) is 20.6 Å². The van der Waals surface area contributed by atoms with Gasteiger partial charge < -0.3 is 5.32 Å². The number of aromatic nitrogens is 2. The lowest BCUT2D eigenvalue weighted by Gasteiger charge is -1.99. The van der Waals surface area contributed by atoms with E-state index in [4.69, 9.17) is 0 Å². The second kappa shape index (κ2) is 4.71.